The molecule has 0 bridgehead atoms. The highest BCUT2D eigenvalue weighted by Crippen LogP contribution is 2.20. The lowest BCUT2D eigenvalue weighted by molar-refractivity contribution is -0.119. The summed E-state index contributed by atoms with van der Waals surface area (Å²) in [5, 5.41) is 0. The minimum Gasteiger partial charge on any atom is -0.496 e. The second-order valence-corrected chi connectivity index (χ2v) is 4.12. The van der Waals surface area contributed by atoms with Crippen LogP contribution in [0.5, 0.6) is 5.75 Å². The fourth-order valence-corrected chi connectivity index (χ4v) is 1.81. The predicted octanol–water partition coefficient (Wildman–Crippen LogP) is 0.461. The minimum atomic E-state index is -0.317. The van der Waals surface area contributed by atoms with Crippen LogP contribution in [0.2, 0.25) is 0 Å². The molecule has 0 radical (unpaired) electrons. The van der Waals surface area contributed by atoms with Crippen LogP contribution >= 0.6 is 0 Å². The third-order valence-electron chi connectivity index (χ3n) is 2.80. The van der Waals surface area contributed by atoms with E-state index >= 15 is 0 Å². The van der Waals surface area contributed by atoms with Gasteiger partial charge in [0.05, 0.1) is 13.7 Å². The van der Waals surface area contributed by atoms with Gasteiger partial charge in [0.25, 0.3) is 0 Å². The molecule has 0 aliphatic heterocycles. The van der Waals surface area contributed by atoms with E-state index in [1.807, 2.05) is 30.0 Å². The number of carbonyl (C=O) groups excluding carboxylic acids is 1. The van der Waals surface area contributed by atoms with Crippen molar-refractivity contribution < 1.29 is 9.53 Å². The zero-order chi connectivity index (χ0) is 13.5. The Morgan fingerprint density at radius 2 is 2.17 bits per heavy atom. The molecule has 5 heteroatoms. The van der Waals surface area contributed by atoms with Gasteiger partial charge in [0.15, 0.2) is 0 Å². The third kappa shape index (κ3) is 4.01. The SMILES string of the molecule is CCN(CC(N)=O)Cc1ccc(CN)c(OC)c1. The molecule has 5 nitrogen and oxygen atoms in total. The van der Waals surface area contributed by atoms with E-state index in [2.05, 4.69) is 0 Å². The molecule has 1 amide bonds. The lowest BCUT2D eigenvalue weighted by atomic mass is 10.1. The molecule has 18 heavy (non-hydrogen) atoms. The van der Waals surface area contributed by atoms with Crippen LogP contribution in [0.3, 0.4) is 0 Å². The highest BCUT2D eigenvalue weighted by atomic mass is 16.5. The first-order valence-electron chi connectivity index (χ1n) is 5.97. The van der Waals surface area contributed by atoms with Gasteiger partial charge in [-0.15, -0.1) is 0 Å². The topological polar surface area (TPSA) is 81.6 Å². The summed E-state index contributed by atoms with van der Waals surface area (Å²) in [6.07, 6.45) is 0. The maximum Gasteiger partial charge on any atom is 0.231 e. The van der Waals surface area contributed by atoms with Crippen molar-refractivity contribution >= 4 is 5.91 Å². The Bertz CT molecular complexity index is 407. The molecule has 0 atom stereocenters. The molecule has 0 fully saturated rings. The number of hydrogen-bond donors (Lipinski definition) is 2. The second kappa shape index (κ2) is 6.98. The minimum absolute atomic E-state index is 0.261. The van der Waals surface area contributed by atoms with E-state index in [4.69, 9.17) is 16.2 Å². The van der Waals surface area contributed by atoms with Crippen LogP contribution in [-0.2, 0) is 17.9 Å². The first-order chi connectivity index (χ1) is 8.60. The Balaban J connectivity index is 2.80. The summed E-state index contributed by atoms with van der Waals surface area (Å²) in [5.74, 6) is 0.465. The average molecular weight is 251 g/mol. The van der Waals surface area contributed by atoms with Gasteiger partial charge in [0.1, 0.15) is 5.75 Å². The van der Waals surface area contributed by atoms with Crippen molar-refractivity contribution in [2.75, 3.05) is 20.2 Å². The standard InChI is InChI=1S/C13H21N3O2/c1-3-16(9-13(15)17)8-10-4-5-11(7-14)12(6-10)18-2/h4-6H,3,7-9,14H2,1-2H3,(H2,15,17). The van der Waals surface area contributed by atoms with Crippen LogP contribution in [0.4, 0.5) is 0 Å². The molecule has 0 spiro atoms. The second-order valence-electron chi connectivity index (χ2n) is 4.12. The molecule has 0 unspecified atom stereocenters. The van der Waals surface area contributed by atoms with Crippen LogP contribution in [0, 0.1) is 0 Å². The van der Waals surface area contributed by atoms with Crippen molar-refractivity contribution in [2.24, 2.45) is 11.5 Å². The van der Waals surface area contributed by atoms with Crippen LogP contribution in [-0.4, -0.2) is 31.0 Å². The fraction of sp³-hybridized carbons (Fsp3) is 0.462. The number of benzene rings is 1. The van der Waals surface area contributed by atoms with Gasteiger partial charge in [-0.1, -0.05) is 19.1 Å². The molecule has 0 aliphatic carbocycles. The number of nitrogens with zero attached hydrogens (tertiary/aromatic N) is 1. The number of hydrogen-bond acceptors (Lipinski definition) is 4. The summed E-state index contributed by atoms with van der Waals surface area (Å²) in [4.78, 5) is 12.9. The molecule has 0 heterocycles. The lowest BCUT2D eigenvalue weighted by Crippen LogP contribution is -2.33. The fourth-order valence-electron chi connectivity index (χ4n) is 1.81. The monoisotopic (exact) mass is 251 g/mol. The smallest absolute Gasteiger partial charge is 0.231 e. The number of methoxy groups -OCH3 is 1. The largest absolute Gasteiger partial charge is 0.496 e. The molecular weight excluding hydrogens is 230 g/mol. The maximum atomic E-state index is 10.9. The molecule has 0 saturated heterocycles. The normalized spacial score (nSPS) is 10.7. The van der Waals surface area contributed by atoms with Crippen molar-refractivity contribution in [1.82, 2.24) is 4.90 Å². The van der Waals surface area contributed by atoms with Crippen LogP contribution in [0.1, 0.15) is 18.1 Å². The highest BCUT2D eigenvalue weighted by Gasteiger charge is 2.09. The summed E-state index contributed by atoms with van der Waals surface area (Å²) in [5.41, 5.74) is 12.9. The summed E-state index contributed by atoms with van der Waals surface area (Å²) in [7, 11) is 1.62. The van der Waals surface area contributed by atoms with Gasteiger partial charge in [0.2, 0.25) is 5.91 Å². The lowest BCUT2D eigenvalue weighted by Gasteiger charge is -2.19. The van der Waals surface area contributed by atoms with Gasteiger partial charge in [-0.2, -0.15) is 0 Å². The number of primary amides is 1. The zero-order valence-electron chi connectivity index (χ0n) is 11.0. The van der Waals surface area contributed by atoms with Crippen LogP contribution < -0.4 is 16.2 Å². The number of rotatable bonds is 7. The first-order valence-corrected chi connectivity index (χ1v) is 5.97. The van der Waals surface area contributed by atoms with E-state index in [1.165, 1.54) is 0 Å². The van der Waals surface area contributed by atoms with E-state index in [1.54, 1.807) is 7.11 Å². The van der Waals surface area contributed by atoms with E-state index in [-0.39, 0.29) is 12.5 Å². The molecular formula is C13H21N3O2. The number of ether oxygens (including phenoxy) is 1. The number of carbonyl (C=O) groups is 1. The summed E-state index contributed by atoms with van der Waals surface area (Å²) >= 11 is 0. The quantitative estimate of drug-likeness (QED) is 0.737. The number of likely N-dealkylation sites (N-methyl/N-ethyl adjacent to an activating group) is 1. The predicted molar refractivity (Wildman–Crippen MR) is 71.0 cm³/mol. The first kappa shape index (κ1) is 14.5. The summed E-state index contributed by atoms with van der Waals surface area (Å²) < 4.78 is 5.28. The van der Waals surface area contributed by atoms with Crippen molar-refractivity contribution in [1.29, 1.82) is 0 Å². The molecule has 0 aliphatic rings. The molecule has 1 aromatic carbocycles. The molecule has 1 aromatic rings. The maximum absolute atomic E-state index is 10.9. The van der Waals surface area contributed by atoms with E-state index < -0.39 is 0 Å². The third-order valence-corrected chi connectivity index (χ3v) is 2.80. The van der Waals surface area contributed by atoms with Gasteiger partial charge in [0, 0.05) is 18.7 Å². The summed E-state index contributed by atoms with van der Waals surface area (Å²) in [6, 6.07) is 5.90. The molecule has 1 rings (SSSR count). The highest BCUT2D eigenvalue weighted by molar-refractivity contribution is 5.75. The van der Waals surface area contributed by atoms with Crippen molar-refractivity contribution in [3.8, 4) is 5.75 Å². The van der Waals surface area contributed by atoms with Gasteiger partial charge in [-0.25, -0.2) is 0 Å². The Kier molecular flexibility index (Phi) is 5.61. The zero-order valence-corrected chi connectivity index (χ0v) is 11.0. The van der Waals surface area contributed by atoms with Gasteiger partial charge in [-0.05, 0) is 18.2 Å². The molecule has 0 aromatic heterocycles. The number of amides is 1. The van der Waals surface area contributed by atoms with E-state index in [0.29, 0.717) is 13.1 Å². The Labute approximate surface area is 108 Å². The van der Waals surface area contributed by atoms with Gasteiger partial charge >= 0.3 is 0 Å². The van der Waals surface area contributed by atoms with Crippen LogP contribution in [0.25, 0.3) is 0 Å². The molecule has 0 saturated carbocycles. The van der Waals surface area contributed by atoms with Crippen molar-refractivity contribution in [3.63, 3.8) is 0 Å². The number of nitrogens with two attached hydrogens (primary N) is 2. The molecule has 100 valence electrons. The molecule has 4 N–H and O–H groups in total. The Morgan fingerprint density at radius 3 is 2.67 bits per heavy atom. The Hall–Kier alpha value is -1.59. The van der Waals surface area contributed by atoms with E-state index in [9.17, 15) is 4.79 Å². The average Bonchev–Trinajstić information content (AvgIpc) is 2.37. The van der Waals surface area contributed by atoms with Crippen molar-refractivity contribution in [3.05, 3.63) is 29.3 Å². The van der Waals surface area contributed by atoms with E-state index in [0.717, 1.165) is 23.4 Å². The summed E-state index contributed by atoms with van der Waals surface area (Å²) in [6.45, 7) is 4.14. The van der Waals surface area contributed by atoms with Crippen molar-refractivity contribution in [2.45, 2.75) is 20.0 Å². The van der Waals surface area contributed by atoms with Gasteiger partial charge in [-0.3, -0.25) is 9.69 Å². The van der Waals surface area contributed by atoms with Gasteiger partial charge < -0.3 is 16.2 Å². The Morgan fingerprint density at radius 1 is 1.44 bits per heavy atom. The van der Waals surface area contributed by atoms with Crippen LogP contribution in [0.15, 0.2) is 18.2 Å².